The largest absolute Gasteiger partial charge is 0.396 e. The quantitative estimate of drug-likeness (QED) is 0.355. The summed E-state index contributed by atoms with van der Waals surface area (Å²) in [6, 6.07) is 0.536. The molecule has 0 spiro atoms. The highest BCUT2D eigenvalue weighted by Crippen LogP contribution is 2.26. The first-order chi connectivity index (χ1) is 9.19. The van der Waals surface area contributed by atoms with Gasteiger partial charge in [0.1, 0.15) is 0 Å². The number of nitrogens with zero attached hydrogens (tertiary/aromatic N) is 1. The topological polar surface area (TPSA) is 56.7 Å². The fourth-order valence-corrected chi connectivity index (χ4v) is 3.14. The van der Waals surface area contributed by atoms with Gasteiger partial charge >= 0.3 is 0 Å². The van der Waals surface area contributed by atoms with Crippen molar-refractivity contribution in [3.63, 3.8) is 0 Å². The van der Waals surface area contributed by atoms with Crippen LogP contribution in [0.3, 0.4) is 0 Å². The lowest BCUT2D eigenvalue weighted by Gasteiger charge is -2.30. The summed E-state index contributed by atoms with van der Waals surface area (Å²) in [6.45, 7) is 5.83. The van der Waals surface area contributed by atoms with Crippen molar-refractivity contribution in [1.29, 1.82) is 0 Å². The molecular formula is C14H30IN3OS. The highest BCUT2D eigenvalue weighted by molar-refractivity contribution is 14.0. The molecule has 0 aromatic carbocycles. The number of halogens is 1. The minimum absolute atomic E-state index is 0. The third-order valence-electron chi connectivity index (χ3n) is 3.52. The Bertz CT molecular complexity index is 279. The number of thioether (sulfide) groups is 1. The normalized spacial score (nSPS) is 24.7. The lowest BCUT2D eigenvalue weighted by Crippen LogP contribution is -2.45. The molecule has 0 aromatic rings. The van der Waals surface area contributed by atoms with Gasteiger partial charge in [0.15, 0.2) is 5.96 Å². The zero-order valence-electron chi connectivity index (χ0n) is 12.9. The van der Waals surface area contributed by atoms with E-state index in [1.54, 1.807) is 0 Å². The number of hydrogen-bond donors (Lipinski definition) is 3. The number of aliphatic hydroxyl groups is 1. The highest BCUT2D eigenvalue weighted by atomic mass is 127. The van der Waals surface area contributed by atoms with Crippen LogP contribution in [0.4, 0.5) is 0 Å². The molecule has 120 valence electrons. The molecule has 0 amide bonds. The van der Waals surface area contributed by atoms with E-state index in [2.05, 4.69) is 28.8 Å². The monoisotopic (exact) mass is 415 g/mol. The molecule has 1 rings (SSSR count). The first-order valence-corrected chi connectivity index (χ1v) is 8.66. The van der Waals surface area contributed by atoms with Crippen LogP contribution in [0.25, 0.3) is 0 Å². The number of rotatable bonds is 6. The van der Waals surface area contributed by atoms with Gasteiger partial charge in [-0.2, -0.15) is 11.8 Å². The molecule has 1 aliphatic rings. The smallest absolute Gasteiger partial charge is 0.191 e. The molecule has 3 atom stereocenters. The van der Waals surface area contributed by atoms with Crippen LogP contribution < -0.4 is 10.6 Å². The molecule has 4 nitrogen and oxygen atoms in total. The van der Waals surface area contributed by atoms with Crippen LogP contribution in [0.1, 0.15) is 39.5 Å². The third kappa shape index (κ3) is 7.93. The summed E-state index contributed by atoms with van der Waals surface area (Å²) in [6.07, 6.45) is 7.30. The number of aliphatic hydroxyl groups excluding tert-OH is 1. The Labute approximate surface area is 145 Å². The Kier molecular flexibility index (Phi) is 12.1. The zero-order chi connectivity index (χ0) is 14.1. The third-order valence-corrected chi connectivity index (χ3v) is 4.61. The van der Waals surface area contributed by atoms with Crippen molar-refractivity contribution in [2.24, 2.45) is 10.9 Å². The standard InChI is InChI=1S/C14H29N3OS.HI/c1-4-15-14(16-9-11(2)10-18)17-12-6-5-7-13(8-12)19-3;/h11-13,18H,4-10H2,1-3H3,(H2,15,16,17);1H. The van der Waals surface area contributed by atoms with Gasteiger partial charge in [-0.15, -0.1) is 24.0 Å². The lowest BCUT2D eigenvalue weighted by molar-refractivity contribution is 0.241. The van der Waals surface area contributed by atoms with Gasteiger partial charge in [-0.25, -0.2) is 0 Å². The minimum atomic E-state index is 0. The van der Waals surface area contributed by atoms with Gasteiger partial charge in [0.25, 0.3) is 0 Å². The van der Waals surface area contributed by atoms with Crippen molar-refractivity contribution in [3.05, 3.63) is 0 Å². The molecule has 0 saturated heterocycles. The van der Waals surface area contributed by atoms with E-state index in [4.69, 9.17) is 5.11 Å². The van der Waals surface area contributed by atoms with Gasteiger partial charge in [-0.05, 0) is 38.4 Å². The van der Waals surface area contributed by atoms with Crippen molar-refractivity contribution in [2.45, 2.75) is 50.8 Å². The summed E-state index contributed by atoms with van der Waals surface area (Å²) < 4.78 is 0. The van der Waals surface area contributed by atoms with Gasteiger partial charge in [-0.1, -0.05) is 13.3 Å². The van der Waals surface area contributed by atoms with Crippen molar-refractivity contribution >= 4 is 41.7 Å². The fraction of sp³-hybridized carbons (Fsp3) is 0.929. The maximum atomic E-state index is 9.05. The van der Waals surface area contributed by atoms with Crippen molar-refractivity contribution in [1.82, 2.24) is 10.6 Å². The van der Waals surface area contributed by atoms with E-state index in [0.717, 1.165) is 17.8 Å². The van der Waals surface area contributed by atoms with E-state index in [1.807, 2.05) is 18.7 Å². The van der Waals surface area contributed by atoms with E-state index in [9.17, 15) is 0 Å². The summed E-state index contributed by atoms with van der Waals surface area (Å²) in [5.41, 5.74) is 0. The highest BCUT2D eigenvalue weighted by Gasteiger charge is 2.21. The predicted molar refractivity (Wildman–Crippen MR) is 100 cm³/mol. The second kappa shape index (κ2) is 11.9. The van der Waals surface area contributed by atoms with Crippen molar-refractivity contribution < 1.29 is 5.11 Å². The Morgan fingerprint density at radius 2 is 2.20 bits per heavy atom. The van der Waals surface area contributed by atoms with E-state index in [-0.39, 0.29) is 36.5 Å². The molecule has 0 radical (unpaired) electrons. The summed E-state index contributed by atoms with van der Waals surface area (Å²) in [5.74, 6) is 1.12. The molecule has 1 aliphatic carbocycles. The summed E-state index contributed by atoms with van der Waals surface area (Å²) in [7, 11) is 0. The van der Waals surface area contributed by atoms with E-state index in [0.29, 0.717) is 12.6 Å². The maximum Gasteiger partial charge on any atom is 0.191 e. The van der Waals surface area contributed by atoms with Crippen LogP contribution in [0.5, 0.6) is 0 Å². The van der Waals surface area contributed by atoms with Gasteiger partial charge in [0.2, 0.25) is 0 Å². The van der Waals surface area contributed by atoms with Crippen LogP contribution >= 0.6 is 35.7 Å². The molecule has 1 saturated carbocycles. The predicted octanol–water partition coefficient (Wildman–Crippen LogP) is 2.46. The number of aliphatic imine (C=N–C) groups is 1. The van der Waals surface area contributed by atoms with Gasteiger partial charge in [0.05, 0.1) is 0 Å². The Morgan fingerprint density at radius 3 is 2.80 bits per heavy atom. The number of nitrogens with one attached hydrogen (secondary N) is 2. The maximum absolute atomic E-state index is 9.05. The molecule has 6 heteroatoms. The van der Waals surface area contributed by atoms with Crippen LogP contribution in [-0.4, -0.2) is 48.3 Å². The van der Waals surface area contributed by atoms with Crippen molar-refractivity contribution in [2.75, 3.05) is 26.0 Å². The van der Waals surface area contributed by atoms with Crippen LogP contribution in [-0.2, 0) is 0 Å². The molecule has 0 aromatic heterocycles. The first-order valence-electron chi connectivity index (χ1n) is 7.38. The number of guanidine groups is 1. The molecule has 3 unspecified atom stereocenters. The second-order valence-electron chi connectivity index (χ2n) is 5.37. The Hall–Kier alpha value is 0.310. The van der Waals surface area contributed by atoms with E-state index >= 15 is 0 Å². The summed E-state index contributed by atoms with van der Waals surface area (Å²) in [4.78, 5) is 4.56. The second-order valence-corrected chi connectivity index (χ2v) is 6.51. The summed E-state index contributed by atoms with van der Waals surface area (Å²) >= 11 is 1.98. The molecule has 0 aliphatic heterocycles. The van der Waals surface area contributed by atoms with Crippen LogP contribution in [0, 0.1) is 5.92 Å². The minimum Gasteiger partial charge on any atom is -0.396 e. The fourth-order valence-electron chi connectivity index (χ4n) is 2.31. The SMILES string of the molecule is CCNC(=NCC(C)CO)NC1CCCC(SC)C1.I. The molecule has 3 N–H and O–H groups in total. The van der Waals surface area contributed by atoms with E-state index < -0.39 is 0 Å². The molecule has 20 heavy (non-hydrogen) atoms. The molecular weight excluding hydrogens is 385 g/mol. The lowest BCUT2D eigenvalue weighted by atomic mass is 9.95. The van der Waals surface area contributed by atoms with Crippen LogP contribution in [0.2, 0.25) is 0 Å². The molecule has 0 bridgehead atoms. The number of hydrogen-bond acceptors (Lipinski definition) is 3. The first kappa shape index (κ1) is 20.3. The molecule has 1 fully saturated rings. The van der Waals surface area contributed by atoms with E-state index in [1.165, 1.54) is 25.7 Å². The van der Waals surface area contributed by atoms with Crippen LogP contribution in [0.15, 0.2) is 4.99 Å². The summed E-state index contributed by atoms with van der Waals surface area (Å²) in [5, 5.41) is 16.7. The molecule has 0 heterocycles. The average Bonchev–Trinajstić information content (AvgIpc) is 2.44. The Balaban J connectivity index is 0.00000361. The van der Waals surface area contributed by atoms with Gasteiger partial charge in [0, 0.05) is 31.0 Å². The average molecular weight is 415 g/mol. The Morgan fingerprint density at radius 1 is 1.45 bits per heavy atom. The van der Waals surface area contributed by atoms with Crippen molar-refractivity contribution in [3.8, 4) is 0 Å². The van der Waals surface area contributed by atoms with Gasteiger partial charge in [-0.3, -0.25) is 4.99 Å². The zero-order valence-corrected chi connectivity index (χ0v) is 16.0. The van der Waals surface area contributed by atoms with Gasteiger partial charge < -0.3 is 15.7 Å².